The first-order valence-corrected chi connectivity index (χ1v) is 6.72. The highest BCUT2D eigenvalue weighted by molar-refractivity contribution is 9.10. The molecule has 6 heteroatoms. The second-order valence-electron chi connectivity index (χ2n) is 4.26. The van der Waals surface area contributed by atoms with Crippen LogP contribution in [-0.2, 0) is 6.42 Å². The van der Waals surface area contributed by atoms with Crippen molar-refractivity contribution in [3.05, 3.63) is 39.6 Å². The zero-order chi connectivity index (χ0) is 14.0. The number of aromatic nitrogens is 2. The molecule has 4 N–H and O–H groups in total. The monoisotopic (exact) mass is 322 g/mol. The molecular weight excluding hydrogens is 308 g/mol. The van der Waals surface area contributed by atoms with Gasteiger partial charge in [0.1, 0.15) is 0 Å². The van der Waals surface area contributed by atoms with Crippen molar-refractivity contribution < 1.29 is 4.79 Å². The van der Waals surface area contributed by atoms with Gasteiger partial charge in [0.15, 0.2) is 5.69 Å². The highest BCUT2D eigenvalue weighted by Gasteiger charge is 2.17. The number of amides is 1. The summed E-state index contributed by atoms with van der Waals surface area (Å²) >= 11 is 3.39. The van der Waals surface area contributed by atoms with Gasteiger partial charge < -0.3 is 11.1 Å². The summed E-state index contributed by atoms with van der Waals surface area (Å²) in [5.74, 6) is -0.320. The number of hydrogen-bond donors (Lipinski definition) is 3. The largest absolute Gasteiger partial charge is 0.395 e. The fraction of sp³-hybridized carbons (Fsp3) is 0.231. The van der Waals surface area contributed by atoms with Crippen molar-refractivity contribution in [2.75, 3.05) is 11.1 Å². The molecule has 0 atom stereocenters. The van der Waals surface area contributed by atoms with Gasteiger partial charge in [-0.2, -0.15) is 5.10 Å². The number of benzene rings is 1. The molecule has 5 nitrogen and oxygen atoms in total. The van der Waals surface area contributed by atoms with E-state index in [1.54, 1.807) is 0 Å². The fourth-order valence-corrected chi connectivity index (χ4v) is 2.09. The molecule has 0 aliphatic carbocycles. The van der Waals surface area contributed by atoms with Gasteiger partial charge in [0.25, 0.3) is 5.91 Å². The molecule has 0 aliphatic rings. The summed E-state index contributed by atoms with van der Waals surface area (Å²) in [5, 5.41) is 9.52. The first-order chi connectivity index (χ1) is 9.02. The number of nitrogen functional groups attached to an aromatic ring is 1. The maximum absolute atomic E-state index is 12.1. The number of nitrogens with two attached hydrogens (primary N) is 1. The van der Waals surface area contributed by atoms with E-state index in [4.69, 9.17) is 5.73 Å². The third-order valence-electron chi connectivity index (χ3n) is 2.82. The maximum atomic E-state index is 12.1. The predicted octanol–water partition coefficient (Wildman–Crippen LogP) is 2.88. The van der Waals surface area contributed by atoms with Gasteiger partial charge in [0, 0.05) is 4.47 Å². The van der Waals surface area contributed by atoms with E-state index in [2.05, 4.69) is 31.4 Å². The van der Waals surface area contributed by atoms with Crippen molar-refractivity contribution in [1.82, 2.24) is 10.2 Å². The van der Waals surface area contributed by atoms with Crippen LogP contribution in [0.4, 0.5) is 11.4 Å². The average molecular weight is 323 g/mol. The molecule has 1 amide bonds. The minimum absolute atomic E-state index is 0.227. The Morgan fingerprint density at radius 1 is 1.53 bits per heavy atom. The van der Waals surface area contributed by atoms with E-state index < -0.39 is 0 Å². The van der Waals surface area contributed by atoms with Crippen molar-refractivity contribution in [1.29, 1.82) is 0 Å². The van der Waals surface area contributed by atoms with E-state index in [1.165, 1.54) is 0 Å². The van der Waals surface area contributed by atoms with E-state index in [-0.39, 0.29) is 11.6 Å². The molecule has 1 heterocycles. The number of carbonyl (C=O) groups is 1. The molecule has 0 saturated carbocycles. The molecule has 19 heavy (non-hydrogen) atoms. The number of rotatable bonds is 3. The van der Waals surface area contributed by atoms with Gasteiger partial charge in [-0.3, -0.25) is 9.89 Å². The lowest BCUT2D eigenvalue weighted by molar-refractivity contribution is 0.102. The number of H-pyrrole nitrogens is 1. The van der Waals surface area contributed by atoms with Crippen molar-refractivity contribution in [3.63, 3.8) is 0 Å². The predicted molar refractivity (Wildman–Crippen MR) is 79.2 cm³/mol. The number of aromatic amines is 1. The van der Waals surface area contributed by atoms with Crippen LogP contribution >= 0.6 is 15.9 Å². The molecule has 0 spiro atoms. The first kappa shape index (κ1) is 13.6. The molecule has 0 bridgehead atoms. The highest BCUT2D eigenvalue weighted by atomic mass is 79.9. The van der Waals surface area contributed by atoms with Crippen molar-refractivity contribution >= 4 is 33.2 Å². The minimum Gasteiger partial charge on any atom is -0.395 e. The average Bonchev–Trinajstić information content (AvgIpc) is 2.75. The second kappa shape index (κ2) is 5.44. The molecule has 100 valence electrons. The molecule has 2 rings (SSSR count). The van der Waals surface area contributed by atoms with Gasteiger partial charge in [-0.25, -0.2) is 0 Å². The van der Waals surface area contributed by atoms with Gasteiger partial charge in [-0.1, -0.05) is 13.0 Å². The third kappa shape index (κ3) is 2.78. The molecule has 0 fully saturated rings. The normalized spacial score (nSPS) is 10.5. The van der Waals surface area contributed by atoms with Crippen molar-refractivity contribution in [2.45, 2.75) is 20.3 Å². The summed E-state index contributed by atoms with van der Waals surface area (Å²) in [7, 11) is 0. The Hall–Kier alpha value is -1.82. The van der Waals surface area contributed by atoms with Gasteiger partial charge in [0.2, 0.25) is 0 Å². The van der Waals surface area contributed by atoms with E-state index in [0.29, 0.717) is 17.8 Å². The van der Waals surface area contributed by atoms with Crippen LogP contribution < -0.4 is 11.1 Å². The Kier molecular flexibility index (Phi) is 3.90. The molecule has 1 aromatic heterocycles. The van der Waals surface area contributed by atoms with Crippen LogP contribution in [0.1, 0.15) is 28.7 Å². The van der Waals surface area contributed by atoms with E-state index in [0.717, 1.165) is 15.7 Å². The van der Waals surface area contributed by atoms with Crippen LogP contribution in [0.3, 0.4) is 0 Å². The maximum Gasteiger partial charge on any atom is 0.278 e. The lowest BCUT2D eigenvalue weighted by Gasteiger charge is -2.07. The van der Waals surface area contributed by atoms with Gasteiger partial charge in [-0.05, 0) is 47.0 Å². The topological polar surface area (TPSA) is 83.8 Å². The summed E-state index contributed by atoms with van der Waals surface area (Å²) in [6.45, 7) is 3.91. The Labute approximate surface area is 119 Å². The fourth-order valence-electron chi connectivity index (χ4n) is 1.75. The van der Waals surface area contributed by atoms with Crippen molar-refractivity contribution in [2.24, 2.45) is 0 Å². The second-order valence-corrected chi connectivity index (χ2v) is 5.11. The van der Waals surface area contributed by atoms with Crippen LogP contribution in [0.5, 0.6) is 0 Å². The van der Waals surface area contributed by atoms with Crippen molar-refractivity contribution in [3.8, 4) is 0 Å². The number of carbonyl (C=O) groups excluding carboxylic acids is 1. The molecule has 1 aromatic carbocycles. The number of hydrogen-bond acceptors (Lipinski definition) is 3. The summed E-state index contributed by atoms with van der Waals surface area (Å²) in [6, 6.07) is 5.72. The van der Waals surface area contributed by atoms with Gasteiger partial charge >= 0.3 is 0 Å². The Morgan fingerprint density at radius 3 is 2.89 bits per heavy atom. The van der Waals surface area contributed by atoms with E-state index >= 15 is 0 Å². The lowest BCUT2D eigenvalue weighted by atomic mass is 10.2. The highest BCUT2D eigenvalue weighted by Crippen LogP contribution is 2.24. The quantitative estimate of drug-likeness (QED) is 0.812. The number of nitrogens with one attached hydrogen (secondary N) is 2. The minimum atomic E-state index is -0.320. The number of aryl methyl sites for hydroxylation is 2. The molecule has 2 aromatic rings. The Bertz CT molecular complexity index is 621. The van der Waals surface area contributed by atoms with E-state index in [9.17, 15) is 4.79 Å². The summed E-state index contributed by atoms with van der Waals surface area (Å²) in [6.07, 6.45) is 0.709. The standard InChI is InChI=1S/C13H15BrN4O/c1-3-9-11(15)12(18-17-9)13(19)16-10-6-7(2)4-5-8(10)14/h4-6H,3,15H2,1-2H3,(H,16,19)(H,17,18). The van der Waals surface area contributed by atoms with E-state index in [1.807, 2.05) is 32.0 Å². The zero-order valence-corrected chi connectivity index (χ0v) is 12.3. The van der Waals surface area contributed by atoms with Crippen LogP contribution in [0.2, 0.25) is 0 Å². The summed E-state index contributed by atoms with van der Waals surface area (Å²) in [5.41, 5.74) is 9.03. The van der Waals surface area contributed by atoms with Crippen LogP contribution in [0.15, 0.2) is 22.7 Å². The van der Waals surface area contributed by atoms with Crippen LogP contribution in [0.25, 0.3) is 0 Å². The van der Waals surface area contributed by atoms with Crippen LogP contribution in [0, 0.1) is 6.92 Å². The Morgan fingerprint density at radius 2 is 2.26 bits per heavy atom. The smallest absolute Gasteiger partial charge is 0.278 e. The first-order valence-electron chi connectivity index (χ1n) is 5.93. The van der Waals surface area contributed by atoms with Crippen LogP contribution in [-0.4, -0.2) is 16.1 Å². The summed E-state index contributed by atoms with van der Waals surface area (Å²) in [4.78, 5) is 12.1. The SMILES string of the molecule is CCc1[nH]nc(C(=O)Nc2cc(C)ccc2Br)c1N. The Balaban J connectivity index is 2.25. The molecular formula is C13H15BrN4O. The number of anilines is 2. The van der Waals surface area contributed by atoms with Gasteiger partial charge in [0.05, 0.1) is 17.1 Å². The van der Waals surface area contributed by atoms with Gasteiger partial charge in [-0.15, -0.1) is 0 Å². The number of nitrogens with zero attached hydrogens (tertiary/aromatic N) is 1. The zero-order valence-electron chi connectivity index (χ0n) is 10.7. The molecule has 0 unspecified atom stereocenters. The molecule has 0 radical (unpaired) electrons. The molecule has 0 saturated heterocycles. The molecule has 0 aliphatic heterocycles. The lowest BCUT2D eigenvalue weighted by Crippen LogP contribution is -2.14. The third-order valence-corrected chi connectivity index (χ3v) is 3.51. The summed E-state index contributed by atoms with van der Waals surface area (Å²) < 4.78 is 0.816. The number of halogens is 1.